The van der Waals surface area contributed by atoms with Crippen molar-refractivity contribution in [2.24, 2.45) is 0 Å². The van der Waals surface area contributed by atoms with E-state index in [4.69, 9.17) is 4.74 Å². The van der Waals surface area contributed by atoms with Crippen molar-refractivity contribution in [2.45, 2.75) is 13.5 Å². The summed E-state index contributed by atoms with van der Waals surface area (Å²) in [6, 6.07) is 22.6. The van der Waals surface area contributed by atoms with Crippen molar-refractivity contribution in [3.05, 3.63) is 95.7 Å². The van der Waals surface area contributed by atoms with Crippen LogP contribution in [0.25, 0.3) is 22.0 Å². The van der Waals surface area contributed by atoms with Gasteiger partial charge in [-0.15, -0.1) is 0 Å². The molecule has 0 amide bonds. The molecule has 0 aliphatic heterocycles. The highest BCUT2D eigenvalue weighted by Gasteiger charge is 2.11. The van der Waals surface area contributed by atoms with Crippen molar-refractivity contribution in [2.75, 3.05) is 6.61 Å². The molecule has 0 aliphatic rings. The first kappa shape index (κ1) is 19.5. The maximum Gasteiger partial charge on any atom is 0.338 e. The molecule has 30 heavy (non-hydrogen) atoms. The van der Waals surface area contributed by atoms with E-state index in [0.717, 1.165) is 27.6 Å². The predicted octanol–water partition coefficient (Wildman–Crippen LogP) is 5.23. The molecule has 3 aromatic carbocycles. The summed E-state index contributed by atoms with van der Waals surface area (Å²) in [6.45, 7) is 2.78. The van der Waals surface area contributed by atoms with Crippen LogP contribution in [-0.4, -0.2) is 28.2 Å². The van der Waals surface area contributed by atoms with Gasteiger partial charge in [-0.2, -0.15) is 0 Å². The summed E-state index contributed by atoms with van der Waals surface area (Å²) in [6.07, 6.45) is 1.97. The van der Waals surface area contributed by atoms with Gasteiger partial charge >= 0.3 is 11.9 Å². The molecule has 1 heterocycles. The second-order valence-electron chi connectivity index (χ2n) is 6.98. The third-order valence-electron chi connectivity index (χ3n) is 5.08. The fourth-order valence-corrected chi connectivity index (χ4v) is 3.59. The third-order valence-corrected chi connectivity index (χ3v) is 5.08. The first-order valence-electron chi connectivity index (χ1n) is 9.74. The molecule has 5 nitrogen and oxygen atoms in total. The summed E-state index contributed by atoms with van der Waals surface area (Å²) in [7, 11) is 0. The molecule has 0 spiro atoms. The number of hydrogen-bond donors (Lipinski definition) is 1. The second kappa shape index (κ2) is 8.25. The van der Waals surface area contributed by atoms with Crippen molar-refractivity contribution in [1.29, 1.82) is 0 Å². The van der Waals surface area contributed by atoms with E-state index in [2.05, 4.69) is 16.7 Å². The Morgan fingerprint density at radius 2 is 1.67 bits per heavy atom. The zero-order valence-corrected chi connectivity index (χ0v) is 16.5. The van der Waals surface area contributed by atoms with Gasteiger partial charge in [0, 0.05) is 23.6 Å². The number of hydrogen-bond acceptors (Lipinski definition) is 3. The van der Waals surface area contributed by atoms with Gasteiger partial charge in [-0.1, -0.05) is 36.4 Å². The number of ether oxygens (including phenoxy) is 1. The van der Waals surface area contributed by atoms with Gasteiger partial charge in [0.1, 0.15) is 0 Å². The number of carbonyl (C=O) groups is 2. The number of carboxylic acids is 1. The number of carboxylic acid groups (broad SMARTS) is 1. The van der Waals surface area contributed by atoms with Crippen LogP contribution in [0.3, 0.4) is 0 Å². The maximum atomic E-state index is 11.9. The van der Waals surface area contributed by atoms with E-state index in [1.807, 2.05) is 42.6 Å². The van der Waals surface area contributed by atoms with Crippen LogP contribution in [0, 0.1) is 0 Å². The molecule has 0 saturated heterocycles. The van der Waals surface area contributed by atoms with Gasteiger partial charge in [-0.25, -0.2) is 9.59 Å². The largest absolute Gasteiger partial charge is 0.478 e. The van der Waals surface area contributed by atoms with Gasteiger partial charge in [-0.05, 0) is 60.0 Å². The summed E-state index contributed by atoms with van der Waals surface area (Å²) in [5.74, 6) is -1.25. The zero-order chi connectivity index (χ0) is 21.1. The van der Waals surface area contributed by atoms with Crippen molar-refractivity contribution in [3.8, 4) is 11.1 Å². The monoisotopic (exact) mass is 399 g/mol. The average molecular weight is 399 g/mol. The lowest BCUT2D eigenvalue weighted by molar-refractivity contribution is 0.0526. The standard InChI is InChI=1S/C25H21NO4/c1-2-30-25(29)18-9-7-17(8-10-18)22-6-4-3-5-21(22)16-26-14-13-19-15-20(24(27)28)11-12-23(19)26/h3-15H,2,16H2,1H3,(H,27,28). The average Bonchev–Trinajstić information content (AvgIpc) is 3.16. The van der Waals surface area contributed by atoms with Crippen molar-refractivity contribution in [3.63, 3.8) is 0 Å². The van der Waals surface area contributed by atoms with E-state index in [9.17, 15) is 14.7 Å². The van der Waals surface area contributed by atoms with Crippen molar-refractivity contribution >= 4 is 22.8 Å². The summed E-state index contributed by atoms with van der Waals surface area (Å²) >= 11 is 0. The van der Waals surface area contributed by atoms with Crippen molar-refractivity contribution in [1.82, 2.24) is 4.57 Å². The Morgan fingerprint density at radius 1 is 0.933 bits per heavy atom. The molecular formula is C25H21NO4. The van der Waals surface area contributed by atoms with Gasteiger partial charge in [0.15, 0.2) is 0 Å². The van der Waals surface area contributed by atoms with E-state index in [0.29, 0.717) is 18.7 Å². The van der Waals surface area contributed by atoms with Crippen LogP contribution < -0.4 is 0 Å². The molecule has 0 unspecified atom stereocenters. The minimum Gasteiger partial charge on any atom is -0.478 e. The molecule has 0 bridgehead atoms. The number of carbonyl (C=O) groups excluding carboxylic acids is 1. The predicted molar refractivity (Wildman–Crippen MR) is 116 cm³/mol. The fraction of sp³-hybridized carbons (Fsp3) is 0.120. The zero-order valence-electron chi connectivity index (χ0n) is 16.5. The van der Waals surface area contributed by atoms with E-state index >= 15 is 0 Å². The molecule has 1 N–H and O–H groups in total. The molecule has 0 saturated carbocycles. The minimum absolute atomic E-state index is 0.280. The van der Waals surface area contributed by atoms with Crippen LogP contribution in [0.4, 0.5) is 0 Å². The minimum atomic E-state index is -0.929. The van der Waals surface area contributed by atoms with Gasteiger partial charge in [0.25, 0.3) is 0 Å². The van der Waals surface area contributed by atoms with Crippen LogP contribution in [0.2, 0.25) is 0 Å². The Labute approximate surface area is 174 Å². The van der Waals surface area contributed by atoms with Crippen LogP contribution in [-0.2, 0) is 11.3 Å². The molecule has 5 heteroatoms. The summed E-state index contributed by atoms with van der Waals surface area (Å²) in [4.78, 5) is 23.1. The van der Waals surface area contributed by atoms with Crippen LogP contribution in [0.1, 0.15) is 33.2 Å². The van der Waals surface area contributed by atoms with Gasteiger partial charge < -0.3 is 14.4 Å². The molecule has 0 atom stereocenters. The highest BCUT2D eigenvalue weighted by Crippen LogP contribution is 2.27. The smallest absolute Gasteiger partial charge is 0.338 e. The Bertz CT molecular complexity index is 1220. The number of aromatic nitrogens is 1. The number of aromatic carboxylic acids is 1. The Kier molecular flexibility index (Phi) is 5.35. The molecule has 0 aliphatic carbocycles. The summed E-state index contributed by atoms with van der Waals surface area (Å²) < 4.78 is 7.16. The molecule has 0 radical (unpaired) electrons. The Balaban J connectivity index is 1.65. The number of benzene rings is 3. The molecular weight excluding hydrogens is 378 g/mol. The number of fused-ring (bicyclic) bond motifs is 1. The topological polar surface area (TPSA) is 68.5 Å². The van der Waals surface area contributed by atoms with Gasteiger partial charge in [0.2, 0.25) is 0 Å². The number of esters is 1. The summed E-state index contributed by atoms with van der Waals surface area (Å²) in [5, 5.41) is 10.1. The van der Waals surface area contributed by atoms with E-state index < -0.39 is 5.97 Å². The Hall–Kier alpha value is -3.86. The molecule has 150 valence electrons. The van der Waals surface area contributed by atoms with Gasteiger partial charge in [0.05, 0.1) is 17.7 Å². The van der Waals surface area contributed by atoms with Crippen molar-refractivity contribution < 1.29 is 19.4 Å². The lowest BCUT2D eigenvalue weighted by Crippen LogP contribution is -2.04. The first-order chi connectivity index (χ1) is 14.6. The van der Waals surface area contributed by atoms with E-state index in [1.165, 1.54) is 0 Å². The highest BCUT2D eigenvalue weighted by atomic mass is 16.5. The summed E-state index contributed by atoms with van der Waals surface area (Å²) in [5.41, 5.74) is 5.01. The molecule has 0 fully saturated rings. The maximum absolute atomic E-state index is 11.9. The fourth-order valence-electron chi connectivity index (χ4n) is 3.59. The molecule has 1 aromatic heterocycles. The van der Waals surface area contributed by atoms with E-state index in [-0.39, 0.29) is 11.5 Å². The molecule has 4 rings (SSSR count). The second-order valence-corrected chi connectivity index (χ2v) is 6.98. The Morgan fingerprint density at radius 3 is 2.40 bits per heavy atom. The quantitative estimate of drug-likeness (QED) is 0.451. The molecule has 4 aromatic rings. The third kappa shape index (κ3) is 3.82. The lowest BCUT2D eigenvalue weighted by Gasteiger charge is -2.12. The van der Waals surface area contributed by atoms with Crippen LogP contribution >= 0.6 is 0 Å². The number of nitrogens with zero attached hydrogens (tertiary/aromatic N) is 1. The lowest BCUT2D eigenvalue weighted by atomic mass is 9.98. The SMILES string of the molecule is CCOC(=O)c1ccc(-c2ccccc2Cn2ccc3cc(C(=O)O)ccc32)cc1. The van der Waals surface area contributed by atoms with E-state index in [1.54, 1.807) is 31.2 Å². The highest BCUT2D eigenvalue weighted by molar-refractivity contribution is 5.93. The first-order valence-corrected chi connectivity index (χ1v) is 9.74. The van der Waals surface area contributed by atoms with Crippen LogP contribution in [0.15, 0.2) is 79.0 Å². The number of rotatable bonds is 6. The van der Waals surface area contributed by atoms with Crippen LogP contribution in [0.5, 0.6) is 0 Å². The normalized spacial score (nSPS) is 10.8. The van der Waals surface area contributed by atoms with Gasteiger partial charge in [-0.3, -0.25) is 0 Å².